The molecule has 193 valence electrons. The Morgan fingerprint density at radius 1 is 1.03 bits per heavy atom. The Morgan fingerprint density at radius 3 is 2.19 bits per heavy atom. The number of nitrogens with one attached hydrogen (secondary N) is 1. The molecular formula is C27H29FN5O4. The Hall–Kier alpha value is -4.08. The number of carbonyl (C=O) groups excluding carboxylic acids is 1. The van der Waals surface area contributed by atoms with Crippen LogP contribution in [-0.4, -0.2) is 31.7 Å². The molecule has 4 aromatic rings. The van der Waals surface area contributed by atoms with E-state index in [1.165, 1.54) is 12.1 Å². The number of halogens is 1. The molecule has 1 radical (unpaired) electrons. The summed E-state index contributed by atoms with van der Waals surface area (Å²) in [4.78, 5) is 21.1. The molecule has 2 aromatic carbocycles. The third-order valence-corrected chi connectivity index (χ3v) is 5.34. The van der Waals surface area contributed by atoms with Crippen LogP contribution in [0.2, 0.25) is 0 Å². The van der Waals surface area contributed by atoms with Crippen LogP contribution in [0.4, 0.5) is 4.39 Å². The fraction of sp³-hybridized carbons (Fsp3) is 0.333. The van der Waals surface area contributed by atoms with Gasteiger partial charge in [0.05, 0.1) is 5.56 Å². The molecule has 2 aromatic heterocycles. The Morgan fingerprint density at radius 2 is 1.62 bits per heavy atom. The molecule has 2 heterocycles. The van der Waals surface area contributed by atoms with E-state index in [-0.39, 0.29) is 23.2 Å². The van der Waals surface area contributed by atoms with Crippen LogP contribution < -0.4 is 10.1 Å². The van der Waals surface area contributed by atoms with Crippen LogP contribution in [0.3, 0.4) is 0 Å². The standard InChI is InChI=1S/C27H29FN5O4/c1-7-21(35-18-11-8-16(9-12-18)22-29-25(15(2)3)36-32-22)26-30-23(33-37-26)17-10-13-19(20(28)14-17)24(34)31-27(4,5)6/h8-15,21H,4,7H2,1-3,5-6H3,(H,31,34). The monoisotopic (exact) mass is 506 g/mol. The number of nitrogens with zero attached hydrogens (tertiary/aromatic N) is 4. The minimum atomic E-state index is -0.732. The van der Waals surface area contributed by atoms with Crippen LogP contribution in [0.25, 0.3) is 22.8 Å². The number of hydrogen-bond donors (Lipinski definition) is 1. The molecule has 0 saturated carbocycles. The summed E-state index contributed by atoms with van der Waals surface area (Å²) in [7, 11) is 0. The molecule has 0 aliphatic rings. The molecule has 9 nitrogen and oxygen atoms in total. The maximum atomic E-state index is 14.7. The van der Waals surface area contributed by atoms with E-state index in [0.29, 0.717) is 29.4 Å². The van der Waals surface area contributed by atoms with Crippen LogP contribution in [0.15, 0.2) is 51.5 Å². The van der Waals surface area contributed by atoms with Crippen molar-refractivity contribution in [2.75, 3.05) is 0 Å². The Balaban J connectivity index is 1.46. The van der Waals surface area contributed by atoms with E-state index in [1.807, 2.05) is 32.9 Å². The quantitative estimate of drug-likeness (QED) is 0.297. The fourth-order valence-electron chi connectivity index (χ4n) is 3.44. The van der Waals surface area contributed by atoms with Crippen LogP contribution in [0.5, 0.6) is 5.75 Å². The highest BCUT2D eigenvalue weighted by molar-refractivity contribution is 5.95. The van der Waals surface area contributed by atoms with Crippen molar-refractivity contribution in [3.05, 3.63) is 72.6 Å². The molecule has 0 bridgehead atoms. The number of ether oxygens (including phenoxy) is 1. The smallest absolute Gasteiger partial charge is 0.268 e. The molecule has 1 unspecified atom stereocenters. The predicted molar refractivity (Wildman–Crippen MR) is 134 cm³/mol. The largest absolute Gasteiger partial charge is 0.481 e. The van der Waals surface area contributed by atoms with Crippen molar-refractivity contribution in [3.63, 3.8) is 0 Å². The molecule has 1 atom stereocenters. The fourth-order valence-corrected chi connectivity index (χ4v) is 3.44. The van der Waals surface area contributed by atoms with Crippen molar-refractivity contribution in [2.45, 2.75) is 58.6 Å². The molecular weight excluding hydrogens is 477 g/mol. The Labute approximate surface area is 214 Å². The first-order valence-electron chi connectivity index (χ1n) is 12.0. The van der Waals surface area contributed by atoms with E-state index in [0.717, 1.165) is 5.56 Å². The summed E-state index contributed by atoms with van der Waals surface area (Å²) in [6, 6.07) is 11.4. The van der Waals surface area contributed by atoms with Gasteiger partial charge in [-0.3, -0.25) is 4.79 Å². The predicted octanol–water partition coefficient (Wildman–Crippen LogP) is 5.92. The van der Waals surface area contributed by atoms with Crippen molar-refractivity contribution < 1.29 is 23.0 Å². The molecule has 37 heavy (non-hydrogen) atoms. The highest BCUT2D eigenvalue weighted by atomic mass is 19.1. The van der Waals surface area contributed by atoms with Crippen LogP contribution in [0, 0.1) is 12.7 Å². The molecule has 1 N–H and O–H groups in total. The van der Waals surface area contributed by atoms with Gasteiger partial charge >= 0.3 is 0 Å². The van der Waals surface area contributed by atoms with Gasteiger partial charge in [0.1, 0.15) is 11.6 Å². The first kappa shape index (κ1) is 26.0. The highest BCUT2D eigenvalue weighted by Crippen LogP contribution is 2.28. The number of benzene rings is 2. The Kier molecular flexibility index (Phi) is 7.37. The van der Waals surface area contributed by atoms with Gasteiger partial charge in [-0.15, -0.1) is 0 Å². The van der Waals surface area contributed by atoms with Gasteiger partial charge in [0.2, 0.25) is 17.5 Å². The zero-order valence-electron chi connectivity index (χ0n) is 21.4. The highest BCUT2D eigenvalue weighted by Gasteiger charge is 2.23. The minimum Gasteiger partial charge on any atom is -0.481 e. The van der Waals surface area contributed by atoms with Crippen molar-refractivity contribution in [1.29, 1.82) is 0 Å². The summed E-state index contributed by atoms with van der Waals surface area (Å²) in [5.74, 6) is 1.02. The second-order valence-electron chi connectivity index (χ2n) is 9.64. The molecule has 0 aliphatic heterocycles. The topological polar surface area (TPSA) is 116 Å². The van der Waals surface area contributed by atoms with Crippen molar-refractivity contribution in [1.82, 2.24) is 25.6 Å². The van der Waals surface area contributed by atoms with Gasteiger partial charge in [-0.25, -0.2) is 4.39 Å². The van der Waals surface area contributed by atoms with Crippen molar-refractivity contribution in [2.24, 2.45) is 0 Å². The number of hydrogen-bond acceptors (Lipinski definition) is 8. The lowest BCUT2D eigenvalue weighted by molar-refractivity contribution is 0.0923. The van der Waals surface area contributed by atoms with E-state index >= 15 is 0 Å². The van der Waals surface area contributed by atoms with Gasteiger partial charge in [0, 0.05) is 22.6 Å². The molecule has 0 fully saturated rings. The zero-order chi connectivity index (χ0) is 26.7. The summed E-state index contributed by atoms with van der Waals surface area (Å²) >= 11 is 0. The number of amides is 1. The van der Waals surface area contributed by atoms with Crippen molar-refractivity contribution in [3.8, 4) is 28.5 Å². The van der Waals surface area contributed by atoms with Gasteiger partial charge in [-0.1, -0.05) is 37.2 Å². The average molecular weight is 507 g/mol. The van der Waals surface area contributed by atoms with Crippen LogP contribution in [-0.2, 0) is 0 Å². The number of carbonyl (C=O) groups is 1. The summed E-state index contributed by atoms with van der Waals surface area (Å²) in [6.07, 6.45) is 0.0410. The third kappa shape index (κ3) is 6.19. The molecule has 4 rings (SSSR count). The summed E-state index contributed by atoms with van der Waals surface area (Å²) in [5, 5.41) is 10.6. The zero-order valence-corrected chi connectivity index (χ0v) is 21.4. The van der Waals surface area contributed by atoms with Gasteiger partial charge < -0.3 is 19.1 Å². The first-order valence-corrected chi connectivity index (χ1v) is 12.0. The van der Waals surface area contributed by atoms with E-state index in [1.54, 1.807) is 32.0 Å². The van der Waals surface area contributed by atoms with Crippen molar-refractivity contribution >= 4 is 5.91 Å². The summed E-state index contributed by atoms with van der Waals surface area (Å²) in [5.41, 5.74) is 0.348. The van der Waals surface area contributed by atoms with E-state index in [4.69, 9.17) is 13.8 Å². The Bertz CT molecular complexity index is 1370. The first-order chi connectivity index (χ1) is 17.5. The molecule has 10 heteroatoms. The molecule has 1 amide bonds. The lowest BCUT2D eigenvalue weighted by atomic mass is 10.1. The second kappa shape index (κ2) is 10.5. The molecule has 0 saturated heterocycles. The van der Waals surface area contributed by atoms with Gasteiger partial charge in [0.15, 0.2) is 6.10 Å². The van der Waals surface area contributed by atoms with Crippen LogP contribution in [0.1, 0.15) is 75.2 Å². The maximum Gasteiger partial charge on any atom is 0.268 e. The minimum absolute atomic E-state index is 0.0938. The number of aromatic nitrogens is 4. The van der Waals surface area contributed by atoms with Gasteiger partial charge in [-0.2, -0.15) is 9.97 Å². The van der Waals surface area contributed by atoms with E-state index < -0.39 is 23.4 Å². The lowest BCUT2D eigenvalue weighted by Crippen LogP contribution is -2.41. The average Bonchev–Trinajstić information content (AvgIpc) is 3.52. The maximum absolute atomic E-state index is 14.7. The van der Waals surface area contributed by atoms with Crippen LogP contribution >= 0.6 is 0 Å². The molecule has 0 aliphatic carbocycles. The van der Waals surface area contributed by atoms with E-state index in [2.05, 4.69) is 32.5 Å². The SMILES string of the molecule is [CH2]C(C)(C)NC(=O)c1ccc(-c2noc(C(CC)Oc3ccc(-c4noc(C(C)C)n4)cc3)n2)cc1F. The summed E-state index contributed by atoms with van der Waals surface area (Å²) in [6.45, 7) is 13.1. The lowest BCUT2D eigenvalue weighted by Gasteiger charge is -2.20. The number of rotatable bonds is 9. The normalized spacial score (nSPS) is 12.5. The second-order valence-corrected chi connectivity index (χ2v) is 9.64. The third-order valence-electron chi connectivity index (χ3n) is 5.34. The van der Waals surface area contributed by atoms with Gasteiger partial charge in [-0.05, 0) is 63.6 Å². The van der Waals surface area contributed by atoms with Gasteiger partial charge in [0.25, 0.3) is 11.8 Å². The molecule has 0 spiro atoms. The summed E-state index contributed by atoms with van der Waals surface area (Å²) < 4.78 is 31.4. The van der Waals surface area contributed by atoms with E-state index in [9.17, 15) is 9.18 Å².